The fraction of sp³-hybridized carbons (Fsp3) is 0.300. The van der Waals surface area contributed by atoms with Crippen LogP contribution in [0.1, 0.15) is 34.2 Å². The van der Waals surface area contributed by atoms with Gasteiger partial charge in [-0.15, -0.1) is 0 Å². The lowest BCUT2D eigenvalue weighted by molar-refractivity contribution is -0.115. The number of carbonyl (C=O) groups is 1. The molecule has 0 bridgehead atoms. The quantitative estimate of drug-likeness (QED) is 0.188. The summed E-state index contributed by atoms with van der Waals surface area (Å²) >= 11 is 8.01. The first-order chi connectivity index (χ1) is 23.9. The highest BCUT2D eigenvalue weighted by atomic mass is 35.5. The van der Waals surface area contributed by atoms with Crippen molar-refractivity contribution in [2.75, 3.05) is 63.6 Å². The van der Waals surface area contributed by atoms with E-state index in [1.807, 2.05) is 12.1 Å². The highest BCUT2D eigenvalue weighted by Crippen LogP contribution is 2.37. The molecule has 1 aromatic heterocycles. The molecule has 252 valence electrons. The van der Waals surface area contributed by atoms with Crippen molar-refractivity contribution < 1.29 is 9.53 Å². The van der Waals surface area contributed by atoms with Gasteiger partial charge in [0.15, 0.2) is 0 Å². The van der Waals surface area contributed by atoms with Crippen LogP contribution in [0.15, 0.2) is 91.0 Å². The number of halogens is 1. The van der Waals surface area contributed by atoms with E-state index in [1.165, 1.54) is 32.3 Å². The van der Waals surface area contributed by atoms with Gasteiger partial charge in [-0.2, -0.15) is 4.37 Å². The minimum atomic E-state index is 0.0499. The van der Waals surface area contributed by atoms with Gasteiger partial charge in [-0.25, -0.2) is 0 Å². The second-order valence-corrected chi connectivity index (χ2v) is 14.3. The maximum atomic E-state index is 11.6. The van der Waals surface area contributed by atoms with E-state index in [0.29, 0.717) is 13.0 Å². The molecule has 8 rings (SSSR count). The summed E-state index contributed by atoms with van der Waals surface area (Å²) in [6.45, 7) is 6.69. The molecule has 0 unspecified atom stereocenters. The van der Waals surface area contributed by atoms with E-state index >= 15 is 0 Å². The van der Waals surface area contributed by atoms with Gasteiger partial charge in [-0.1, -0.05) is 78.3 Å². The zero-order valence-corrected chi connectivity index (χ0v) is 29.7. The van der Waals surface area contributed by atoms with Crippen molar-refractivity contribution in [3.8, 4) is 5.75 Å². The topological polar surface area (TPSA) is 60.9 Å². The number of rotatable bonds is 7. The second-order valence-electron chi connectivity index (χ2n) is 13.1. The van der Waals surface area contributed by atoms with Gasteiger partial charge in [-0.3, -0.25) is 9.69 Å². The number of aromatic nitrogens is 1. The minimum absolute atomic E-state index is 0.0499. The molecule has 1 amide bonds. The Hall–Kier alpha value is -4.21. The molecule has 0 atom stereocenters. The van der Waals surface area contributed by atoms with Crippen LogP contribution in [0.4, 0.5) is 11.5 Å². The number of piperazine rings is 1. The highest BCUT2D eigenvalue weighted by Gasteiger charge is 2.23. The normalized spacial score (nSPS) is 16.4. The van der Waals surface area contributed by atoms with E-state index < -0.39 is 0 Å². The lowest BCUT2D eigenvalue weighted by Crippen LogP contribution is -2.47. The van der Waals surface area contributed by atoms with E-state index in [-0.39, 0.29) is 5.91 Å². The van der Waals surface area contributed by atoms with Crippen LogP contribution in [0, 0.1) is 0 Å². The molecule has 0 radical (unpaired) electrons. The number of para-hydroxylation sites is 1. The number of nitrogens with one attached hydrogen (secondary N) is 1. The van der Waals surface area contributed by atoms with Crippen molar-refractivity contribution in [2.45, 2.75) is 25.9 Å². The lowest BCUT2D eigenvalue weighted by Gasteiger charge is -2.35. The van der Waals surface area contributed by atoms with Gasteiger partial charge < -0.3 is 19.9 Å². The Labute approximate surface area is 297 Å². The molecular formula is C40H42ClN5O2S. The van der Waals surface area contributed by atoms with Crippen LogP contribution < -0.4 is 15.0 Å². The zero-order valence-electron chi connectivity index (χ0n) is 28.1. The molecule has 5 aromatic rings. The number of anilines is 2. The summed E-state index contributed by atoms with van der Waals surface area (Å²) in [5.41, 5.74) is 8.09. The van der Waals surface area contributed by atoms with Crippen molar-refractivity contribution in [3.63, 3.8) is 0 Å². The monoisotopic (exact) mass is 691 g/mol. The summed E-state index contributed by atoms with van der Waals surface area (Å²) < 4.78 is 11.9. The summed E-state index contributed by atoms with van der Waals surface area (Å²) in [5, 5.41) is 4.86. The average molecular weight is 692 g/mol. The Morgan fingerprint density at radius 2 is 1.69 bits per heavy atom. The van der Waals surface area contributed by atoms with Crippen molar-refractivity contribution >= 4 is 56.2 Å². The van der Waals surface area contributed by atoms with Gasteiger partial charge in [0.05, 0.1) is 11.1 Å². The number of amides is 1. The van der Waals surface area contributed by atoms with E-state index in [9.17, 15) is 4.79 Å². The molecule has 0 spiro atoms. The summed E-state index contributed by atoms with van der Waals surface area (Å²) in [6, 6.07) is 29.3. The molecule has 49 heavy (non-hydrogen) atoms. The van der Waals surface area contributed by atoms with E-state index in [2.05, 4.69) is 117 Å². The number of nitrogens with zero attached hydrogens (tertiary/aromatic N) is 4. The third kappa shape index (κ3) is 7.68. The molecule has 7 nitrogen and oxygen atoms in total. The maximum Gasteiger partial charge on any atom is 0.228 e. The summed E-state index contributed by atoms with van der Waals surface area (Å²) in [6.07, 6.45) is 4.73. The molecule has 3 aliphatic rings. The van der Waals surface area contributed by atoms with Gasteiger partial charge in [0.25, 0.3) is 0 Å². The SMILES string of the molecule is CN(C)CCC=C1c2ccccc2COc2ccccc21.O=C1Cc2cc(CCN3CCN(c4nsc5ccccc45)CC3)c(Cl)cc2N1. The Balaban J connectivity index is 0.000000161. The van der Waals surface area contributed by atoms with Crippen molar-refractivity contribution in [1.82, 2.24) is 14.2 Å². The van der Waals surface area contributed by atoms with Crippen molar-refractivity contribution in [2.24, 2.45) is 0 Å². The number of carbonyl (C=O) groups excluding carboxylic acids is 1. The van der Waals surface area contributed by atoms with E-state index in [1.54, 1.807) is 11.5 Å². The predicted octanol–water partition coefficient (Wildman–Crippen LogP) is 7.77. The molecule has 9 heteroatoms. The number of benzene rings is 4. The molecule has 1 fully saturated rings. The van der Waals surface area contributed by atoms with Crippen molar-refractivity contribution in [3.05, 3.63) is 124 Å². The highest BCUT2D eigenvalue weighted by molar-refractivity contribution is 7.13. The summed E-state index contributed by atoms with van der Waals surface area (Å²) in [4.78, 5) is 18.7. The molecule has 3 aliphatic heterocycles. The molecule has 0 saturated carbocycles. The predicted molar refractivity (Wildman–Crippen MR) is 203 cm³/mol. The Morgan fingerprint density at radius 3 is 2.53 bits per heavy atom. The smallest absolute Gasteiger partial charge is 0.228 e. The standard InChI is InChI=1S/C21H21ClN4OS.C19H21NO/c22-17-13-18-15(12-20(27)23-18)11-14(17)5-6-25-7-9-26(10-8-25)21-16-3-1-2-4-19(16)28-24-21;1-20(2)13-7-11-17-16-9-4-3-8-15(16)14-21-19-12-6-5-10-18(17)19/h1-4,11,13H,5-10,12H2,(H,23,27);3-6,8-12H,7,13-14H2,1-2H3. The first-order valence-electron chi connectivity index (χ1n) is 17.0. The van der Waals surface area contributed by atoms with Gasteiger partial charge >= 0.3 is 0 Å². The number of fused-ring (bicyclic) bond motifs is 4. The Bertz CT molecular complexity index is 1930. The zero-order chi connectivity index (χ0) is 33.7. The van der Waals surface area contributed by atoms with Crippen LogP contribution in [0.3, 0.4) is 0 Å². The van der Waals surface area contributed by atoms with E-state index in [0.717, 1.165) is 85.5 Å². The summed E-state index contributed by atoms with van der Waals surface area (Å²) in [5.74, 6) is 2.15. The fourth-order valence-corrected chi connectivity index (χ4v) is 7.82. The molecule has 1 N–H and O–H groups in total. The van der Waals surface area contributed by atoms with Crippen LogP contribution >= 0.6 is 23.1 Å². The average Bonchev–Trinajstić information content (AvgIpc) is 3.67. The minimum Gasteiger partial charge on any atom is -0.488 e. The summed E-state index contributed by atoms with van der Waals surface area (Å²) in [7, 11) is 4.22. The number of hydrogen-bond donors (Lipinski definition) is 1. The fourth-order valence-electron chi connectivity index (χ4n) is 6.76. The third-order valence-electron chi connectivity index (χ3n) is 9.42. The first-order valence-corrected chi connectivity index (χ1v) is 18.2. The maximum absolute atomic E-state index is 11.6. The van der Waals surface area contributed by atoms with Gasteiger partial charge in [0, 0.05) is 60.9 Å². The lowest BCUT2D eigenvalue weighted by atomic mass is 9.93. The van der Waals surface area contributed by atoms with Crippen LogP contribution in [0.25, 0.3) is 15.7 Å². The van der Waals surface area contributed by atoms with E-state index in [4.69, 9.17) is 16.3 Å². The van der Waals surface area contributed by atoms with Crippen molar-refractivity contribution in [1.29, 1.82) is 0 Å². The Kier molecular flexibility index (Phi) is 10.3. The van der Waals surface area contributed by atoms with Crippen LogP contribution in [-0.4, -0.2) is 73.4 Å². The second kappa shape index (κ2) is 15.1. The number of ether oxygens (including phenoxy) is 1. The van der Waals surface area contributed by atoms with Crippen LogP contribution in [0.5, 0.6) is 5.75 Å². The first kappa shape index (κ1) is 33.3. The molecule has 4 aromatic carbocycles. The Morgan fingerprint density at radius 1 is 0.939 bits per heavy atom. The largest absolute Gasteiger partial charge is 0.488 e. The molecular weight excluding hydrogens is 650 g/mol. The van der Waals surface area contributed by atoms with Gasteiger partial charge in [-0.05, 0) is 90.6 Å². The van der Waals surface area contributed by atoms with Gasteiger partial charge in [0.2, 0.25) is 5.91 Å². The molecule has 1 saturated heterocycles. The third-order valence-corrected chi connectivity index (χ3v) is 10.6. The molecule has 0 aliphatic carbocycles. The van der Waals surface area contributed by atoms with Crippen LogP contribution in [-0.2, 0) is 24.2 Å². The molecule has 4 heterocycles. The number of hydrogen-bond acceptors (Lipinski definition) is 7. The van der Waals surface area contributed by atoms with Gasteiger partial charge in [0.1, 0.15) is 18.2 Å². The van der Waals surface area contributed by atoms with Crippen LogP contribution in [0.2, 0.25) is 5.02 Å².